The second kappa shape index (κ2) is 11.4. The highest BCUT2D eigenvalue weighted by Crippen LogP contribution is 2.24. The Morgan fingerprint density at radius 3 is 2.20 bits per heavy atom. The molecule has 9 heteroatoms. The van der Waals surface area contributed by atoms with E-state index in [4.69, 9.17) is 27.6 Å². The molecule has 35 heavy (non-hydrogen) atoms. The Bertz CT molecular complexity index is 1290. The van der Waals surface area contributed by atoms with Crippen LogP contribution in [0.2, 0.25) is 10.0 Å². The summed E-state index contributed by atoms with van der Waals surface area (Å²) < 4.78 is 31.9. The predicted octanol–water partition coefficient (Wildman–Crippen LogP) is 6.39. The molecule has 4 aromatic rings. The molecule has 1 N–H and O–H groups in total. The highest BCUT2D eigenvalue weighted by molar-refractivity contribution is 6.35. The number of carbonyl (C=O) groups is 1. The third-order valence-corrected chi connectivity index (χ3v) is 5.83. The molecule has 0 aliphatic rings. The molecule has 0 aliphatic carbocycles. The third kappa shape index (κ3) is 7.11. The van der Waals surface area contributed by atoms with Crippen molar-refractivity contribution in [2.24, 2.45) is 0 Å². The van der Waals surface area contributed by atoms with E-state index in [-0.39, 0.29) is 30.4 Å². The van der Waals surface area contributed by atoms with Crippen LogP contribution >= 0.6 is 23.2 Å². The third-order valence-electron chi connectivity index (χ3n) is 5.24. The zero-order valence-corrected chi connectivity index (χ0v) is 20.0. The minimum Gasteiger partial charge on any atom is -0.447 e. The maximum absolute atomic E-state index is 13.4. The lowest BCUT2D eigenvalue weighted by molar-refractivity contribution is 0.0945. The maximum Gasteiger partial charge on any atom is 0.273 e. The summed E-state index contributed by atoms with van der Waals surface area (Å²) in [5.74, 6) is -0.726. The summed E-state index contributed by atoms with van der Waals surface area (Å²) in [6, 6.07) is 17.3. The number of amides is 1. The first-order valence-corrected chi connectivity index (χ1v) is 11.5. The van der Waals surface area contributed by atoms with E-state index in [1.54, 1.807) is 36.4 Å². The molecular formula is C26H21Cl2F2N3O2. The lowest BCUT2D eigenvalue weighted by atomic mass is 10.1. The number of hydrogen-bond acceptors (Lipinski definition) is 4. The van der Waals surface area contributed by atoms with E-state index < -0.39 is 5.91 Å². The monoisotopic (exact) mass is 515 g/mol. The lowest BCUT2D eigenvalue weighted by Crippen LogP contribution is -2.24. The van der Waals surface area contributed by atoms with Gasteiger partial charge in [0.1, 0.15) is 17.9 Å². The normalized spacial score (nSPS) is 11.1. The van der Waals surface area contributed by atoms with Crippen LogP contribution in [0.3, 0.4) is 0 Å². The molecule has 0 spiro atoms. The van der Waals surface area contributed by atoms with Crippen molar-refractivity contribution < 1.29 is 18.0 Å². The molecule has 1 heterocycles. The number of benzene rings is 3. The quantitative estimate of drug-likeness (QED) is 0.280. The van der Waals surface area contributed by atoms with E-state index in [0.29, 0.717) is 29.0 Å². The Balaban J connectivity index is 1.45. The average molecular weight is 516 g/mol. The van der Waals surface area contributed by atoms with Crippen LogP contribution in [0.1, 0.15) is 33.1 Å². The smallest absolute Gasteiger partial charge is 0.273 e. The second-order valence-corrected chi connectivity index (χ2v) is 8.79. The molecule has 3 aromatic carbocycles. The number of nitrogens with zero attached hydrogens (tertiary/aromatic N) is 2. The molecule has 0 aliphatic heterocycles. The van der Waals surface area contributed by atoms with Gasteiger partial charge < -0.3 is 9.73 Å². The van der Waals surface area contributed by atoms with Crippen LogP contribution in [0.25, 0.3) is 0 Å². The Labute approximate surface area is 211 Å². The van der Waals surface area contributed by atoms with Gasteiger partial charge >= 0.3 is 0 Å². The summed E-state index contributed by atoms with van der Waals surface area (Å²) in [5.41, 5.74) is 2.63. The summed E-state index contributed by atoms with van der Waals surface area (Å²) >= 11 is 12.4. The summed E-state index contributed by atoms with van der Waals surface area (Å²) in [4.78, 5) is 18.8. The molecule has 0 bridgehead atoms. The number of aromatic nitrogens is 1. The highest BCUT2D eigenvalue weighted by Gasteiger charge is 2.17. The summed E-state index contributed by atoms with van der Waals surface area (Å²) in [5, 5.41) is 3.79. The lowest BCUT2D eigenvalue weighted by Gasteiger charge is -2.21. The fourth-order valence-corrected chi connectivity index (χ4v) is 3.93. The SMILES string of the molecule is O=C(NCc1ccc(F)cc1)c1coc(CN(Cc2ccc(F)cc2)Cc2ccc(Cl)cc2Cl)n1. The van der Waals surface area contributed by atoms with Crippen LogP contribution in [-0.2, 0) is 26.2 Å². The Kier molecular flexibility index (Phi) is 8.13. The minimum absolute atomic E-state index is 0.133. The fraction of sp³-hybridized carbons (Fsp3) is 0.154. The summed E-state index contributed by atoms with van der Waals surface area (Å²) in [6.45, 7) is 1.42. The number of rotatable bonds is 9. The van der Waals surface area contributed by atoms with Crippen molar-refractivity contribution in [2.75, 3.05) is 0 Å². The molecule has 1 amide bonds. The highest BCUT2D eigenvalue weighted by atomic mass is 35.5. The molecule has 0 radical (unpaired) electrons. The number of carbonyl (C=O) groups excluding carboxylic acids is 1. The molecule has 0 saturated heterocycles. The van der Waals surface area contributed by atoms with Crippen molar-refractivity contribution in [3.05, 3.63) is 123 Å². The second-order valence-electron chi connectivity index (χ2n) is 7.94. The molecule has 0 unspecified atom stereocenters. The van der Waals surface area contributed by atoms with Crippen LogP contribution < -0.4 is 5.32 Å². The zero-order valence-electron chi connectivity index (χ0n) is 18.5. The van der Waals surface area contributed by atoms with Gasteiger partial charge in [0.25, 0.3) is 5.91 Å². The van der Waals surface area contributed by atoms with Gasteiger partial charge in [-0.3, -0.25) is 9.69 Å². The Hall–Kier alpha value is -3.26. The Morgan fingerprint density at radius 2 is 1.54 bits per heavy atom. The van der Waals surface area contributed by atoms with Crippen LogP contribution in [0.15, 0.2) is 77.4 Å². The van der Waals surface area contributed by atoms with E-state index in [1.807, 2.05) is 11.0 Å². The van der Waals surface area contributed by atoms with Crippen LogP contribution in [0.4, 0.5) is 8.78 Å². The number of hydrogen-bond donors (Lipinski definition) is 1. The van der Waals surface area contributed by atoms with E-state index in [2.05, 4.69) is 10.3 Å². The van der Waals surface area contributed by atoms with E-state index in [0.717, 1.165) is 16.7 Å². The van der Waals surface area contributed by atoms with Gasteiger partial charge in [0, 0.05) is 29.7 Å². The van der Waals surface area contributed by atoms with E-state index in [1.165, 1.54) is 30.5 Å². The van der Waals surface area contributed by atoms with Gasteiger partial charge in [-0.25, -0.2) is 13.8 Å². The number of halogens is 4. The first kappa shape index (κ1) is 24.9. The van der Waals surface area contributed by atoms with Gasteiger partial charge in [-0.05, 0) is 53.1 Å². The standard InChI is InChI=1S/C26H21Cl2F2N3O2/c27-20-6-5-19(23(28)11-20)14-33(13-18-3-9-22(30)10-4-18)15-25-32-24(16-35-25)26(34)31-12-17-1-7-21(29)8-2-17/h1-11,16H,12-15H2,(H,31,34). The van der Waals surface area contributed by atoms with Crippen molar-refractivity contribution in [1.29, 1.82) is 0 Å². The van der Waals surface area contributed by atoms with Gasteiger partial charge in [-0.1, -0.05) is 53.5 Å². The molecular weight excluding hydrogens is 495 g/mol. The van der Waals surface area contributed by atoms with Crippen molar-refractivity contribution in [2.45, 2.75) is 26.2 Å². The van der Waals surface area contributed by atoms with Crippen LogP contribution in [0.5, 0.6) is 0 Å². The summed E-state index contributed by atoms with van der Waals surface area (Å²) in [7, 11) is 0. The topological polar surface area (TPSA) is 58.4 Å². The molecule has 1 aromatic heterocycles. The van der Waals surface area contributed by atoms with Crippen molar-refractivity contribution in [3.63, 3.8) is 0 Å². The van der Waals surface area contributed by atoms with E-state index in [9.17, 15) is 13.6 Å². The largest absolute Gasteiger partial charge is 0.447 e. The minimum atomic E-state index is -0.407. The van der Waals surface area contributed by atoms with Crippen LogP contribution in [-0.4, -0.2) is 15.8 Å². The van der Waals surface area contributed by atoms with Gasteiger partial charge in [-0.2, -0.15) is 0 Å². The summed E-state index contributed by atoms with van der Waals surface area (Å²) in [6.07, 6.45) is 1.29. The molecule has 0 fully saturated rings. The molecule has 0 atom stereocenters. The van der Waals surface area contributed by atoms with Gasteiger partial charge in [0.2, 0.25) is 5.89 Å². The first-order valence-electron chi connectivity index (χ1n) is 10.7. The van der Waals surface area contributed by atoms with Crippen molar-refractivity contribution in [1.82, 2.24) is 15.2 Å². The average Bonchev–Trinajstić information content (AvgIpc) is 3.30. The van der Waals surface area contributed by atoms with Crippen LogP contribution in [0, 0.1) is 11.6 Å². The predicted molar refractivity (Wildman–Crippen MR) is 130 cm³/mol. The van der Waals surface area contributed by atoms with E-state index >= 15 is 0 Å². The first-order chi connectivity index (χ1) is 16.9. The fourth-order valence-electron chi connectivity index (χ4n) is 3.46. The van der Waals surface area contributed by atoms with Crippen molar-refractivity contribution >= 4 is 29.1 Å². The van der Waals surface area contributed by atoms with Crippen molar-refractivity contribution in [3.8, 4) is 0 Å². The van der Waals surface area contributed by atoms with Gasteiger partial charge in [0.15, 0.2) is 5.69 Å². The number of nitrogens with one attached hydrogen (secondary N) is 1. The molecule has 4 rings (SSSR count). The molecule has 0 saturated carbocycles. The molecule has 180 valence electrons. The Morgan fingerprint density at radius 1 is 0.886 bits per heavy atom. The van der Waals surface area contributed by atoms with Gasteiger partial charge in [0.05, 0.1) is 6.54 Å². The maximum atomic E-state index is 13.4. The number of oxazole rings is 1. The molecule has 5 nitrogen and oxygen atoms in total. The zero-order chi connectivity index (χ0) is 24.8. The van der Waals surface area contributed by atoms with Gasteiger partial charge in [-0.15, -0.1) is 0 Å².